The van der Waals surface area contributed by atoms with Gasteiger partial charge >= 0.3 is 0 Å². The molecule has 0 aromatic heterocycles. The van der Waals surface area contributed by atoms with Crippen molar-refractivity contribution in [3.8, 4) is 0 Å². The number of rotatable bonds is 7. The molecule has 3 N–H and O–H groups in total. The zero-order valence-electron chi connectivity index (χ0n) is 9.64. The summed E-state index contributed by atoms with van der Waals surface area (Å²) in [7, 11) is 0. The molecule has 0 bridgehead atoms. The van der Waals surface area contributed by atoms with Crippen LogP contribution in [0.15, 0.2) is 0 Å². The van der Waals surface area contributed by atoms with Gasteiger partial charge in [-0.1, -0.05) is 27.2 Å². The first kappa shape index (κ1) is 12.9. The number of nitrogens with two attached hydrogens (primary N) is 1. The van der Waals surface area contributed by atoms with Gasteiger partial charge in [0.05, 0.1) is 0 Å². The van der Waals surface area contributed by atoms with Gasteiger partial charge in [-0.15, -0.1) is 0 Å². The molecule has 2 heteroatoms. The summed E-state index contributed by atoms with van der Waals surface area (Å²) >= 11 is 0. The monoisotopic (exact) mass is 186 g/mol. The predicted octanol–water partition coefficient (Wildman–Crippen LogP) is 2.14. The lowest BCUT2D eigenvalue weighted by Gasteiger charge is -2.15. The van der Waals surface area contributed by atoms with Crippen LogP contribution in [0.25, 0.3) is 0 Å². The van der Waals surface area contributed by atoms with E-state index < -0.39 is 0 Å². The Labute approximate surface area is 83.3 Å². The standard InChI is InChI=1S/C11H26N2/c1-9(2)13-8-10(3)6-5-7-11(4)12/h9-11,13H,5-8,12H2,1-4H3. The molecule has 0 amide bonds. The van der Waals surface area contributed by atoms with Crippen LogP contribution in [-0.4, -0.2) is 18.6 Å². The van der Waals surface area contributed by atoms with Crippen molar-refractivity contribution in [2.45, 2.75) is 59.0 Å². The van der Waals surface area contributed by atoms with E-state index in [1.54, 1.807) is 0 Å². The molecule has 0 spiro atoms. The molecule has 80 valence electrons. The topological polar surface area (TPSA) is 38.0 Å². The minimum absolute atomic E-state index is 0.366. The summed E-state index contributed by atoms with van der Waals surface area (Å²) in [6.45, 7) is 9.90. The summed E-state index contributed by atoms with van der Waals surface area (Å²) in [6, 6.07) is 0.973. The second kappa shape index (κ2) is 7.34. The van der Waals surface area contributed by atoms with Crippen LogP contribution in [0.3, 0.4) is 0 Å². The van der Waals surface area contributed by atoms with E-state index in [0.717, 1.165) is 18.9 Å². The molecule has 0 saturated carbocycles. The molecule has 2 atom stereocenters. The molecule has 0 aromatic carbocycles. The number of hydrogen-bond acceptors (Lipinski definition) is 2. The third-order valence-corrected chi connectivity index (χ3v) is 2.23. The molecule has 0 heterocycles. The highest BCUT2D eigenvalue weighted by Crippen LogP contribution is 2.07. The van der Waals surface area contributed by atoms with E-state index in [2.05, 4.69) is 33.0 Å². The first-order valence-electron chi connectivity index (χ1n) is 5.51. The predicted molar refractivity (Wildman–Crippen MR) is 59.8 cm³/mol. The third kappa shape index (κ3) is 9.84. The van der Waals surface area contributed by atoms with Crippen molar-refractivity contribution in [1.82, 2.24) is 5.32 Å². The van der Waals surface area contributed by atoms with Gasteiger partial charge in [0.1, 0.15) is 0 Å². The highest BCUT2D eigenvalue weighted by molar-refractivity contribution is 4.61. The molecule has 0 aromatic rings. The molecule has 0 aliphatic carbocycles. The van der Waals surface area contributed by atoms with Crippen LogP contribution in [0.4, 0.5) is 0 Å². The van der Waals surface area contributed by atoms with Crippen molar-refractivity contribution >= 4 is 0 Å². The van der Waals surface area contributed by atoms with Gasteiger partial charge < -0.3 is 11.1 Å². The molecular formula is C11H26N2. The highest BCUT2D eigenvalue weighted by Gasteiger charge is 2.03. The highest BCUT2D eigenvalue weighted by atomic mass is 14.9. The summed E-state index contributed by atoms with van der Waals surface area (Å²) in [5.74, 6) is 0.779. The van der Waals surface area contributed by atoms with Crippen LogP contribution < -0.4 is 11.1 Å². The first-order chi connectivity index (χ1) is 6.02. The fourth-order valence-corrected chi connectivity index (χ4v) is 1.33. The smallest absolute Gasteiger partial charge is 0.00104 e. The lowest BCUT2D eigenvalue weighted by Crippen LogP contribution is -2.28. The third-order valence-electron chi connectivity index (χ3n) is 2.23. The summed E-state index contributed by atoms with van der Waals surface area (Å²) in [4.78, 5) is 0. The van der Waals surface area contributed by atoms with Crippen LogP contribution in [0.5, 0.6) is 0 Å². The lowest BCUT2D eigenvalue weighted by atomic mass is 10.0. The molecule has 0 rings (SSSR count). The van der Waals surface area contributed by atoms with Gasteiger partial charge in [-0.25, -0.2) is 0 Å². The van der Waals surface area contributed by atoms with E-state index >= 15 is 0 Å². The Morgan fingerprint density at radius 3 is 2.15 bits per heavy atom. The van der Waals surface area contributed by atoms with Crippen LogP contribution in [0.1, 0.15) is 47.0 Å². The molecular weight excluding hydrogens is 160 g/mol. The quantitative estimate of drug-likeness (QED) is 0.639. The molecule has 0 saturated heterocycles. The fraction of sp³-hybridized carbons (Fsp3) is 1.00. The minimum atomic E-state index is 0.366. The molecule has 2 unspecified atom stereocenters. The van der Waals surface area contributed by atoms with Crippen LogP contribution in [0.2, 0.25) is 0 Å². The van der Waals surface area contributed by atoms with Crippen molar-refractivity contribution in [1.29, 1.82) is 0 Å². The zero-order valence-corrected chi connectivity index (χ0v) is 9.64. The average Bonchev–Trinajstić information content (AvgIpc) is 2.00. The molecule has 0 aliphatic rings. The van der Waals surface area contributed by atoms with Gasteiger partial charge in [-0.05, 0) is 32.2 Å². The molecule has 0 radical (unpaired) electrons. The Hall–Kier alpha value is -0.0800. The van der Waals surface area contributed by atoms with Gasteiger partial charge in [0.2, 0.25) is 0 Å². The molecule has 2 nitrogen and oxygen atoms in total. The van der Waals surface area contributed by atoms with Gasteiger partial charge in [0, 0.05) is 12.1 Å². The maximum Gasteiger partial charge on any atom is 0.00104 e. The van der Waals surface area contributed by atoms with Gasteiger partial charge in [-0.2, -0.15) is 0 Å². The van der Waals surface area contributed by atoms with Crippen LogP contribution in [0, 0.1) is 5.92 Å². The van der Waals surface area contributed by atoms with E-state index in [-0.39, 0.29) is 0 Å². The van der Waals surface area contributed by atoms with Crippen LogP contribution >= 0.6 is 0 Å². The van der Waals surface area contributed by atoms with Crippen molar-refractivity contribution in [2.75, 3.05) is 6.54 Å². The van der Waals surface area contributed by atoms with Crippen molar-refractivity contribution in [2.24, 2.45) is 11.7 Å². The van der Waals surface area contributed by atoms with E-state index in [1.807, 2.05) is 0 Å². The Morgan fingerprint density at radius 2 is 1.69 bits per heavy atom. The second-order valence-corrected chi connectivity index (χ2v) is 4.58. The maximum atomic E-state index is 5.69. The van der Waals surface area contributed by atoms with E-state index in [4.69, 9.17) is 5.73 Å². The van der Waals surface area contributed by atoms with Crippen molar-refractivity contribution < 1.29 is 0 Å². The fourth-order valence-electron chi connectivity index (χ4n) is 1.33. The average molecular weight is 186 g/mol. The Kier molecular flexibility index (Phi) is 7.29. The van der Waals surface area contributed by atoms with Crippen molar-refractivity contribution in [3.05, 3.63) is 0 Å². The van der Waals surface area contributed by atoms with Crippen LogP contribution in [-0.2, 0) is 0 Å². The van der Waals surface area contributed by atoms with Gasteiger partial charge in [0.15, 0.2) is 0 Å². The second-order valence-electron chi connectivity index (χ2n) is 4.58. The lowest BCUT2D eigenvalue weighted by molar-refractivity contribution is 0.429. The number of nitrogens with one attached hydrogen (secondary N) is 1. The van der Waals surface area contributed by atoms with E-state index in [9.17, 15) is 0 Å². The molecule has 0 aliphatic heterocycles. The Balaban J connectivity index is 3.25. The summed E-state index contributed by atoms with van der Waals surface area (Å²) in [5, 5.41) is 3.45. The SMILES string of the molecule is CC(N)CCCC(C)CNC(C)C. The summed E-state index contributed by atoms with van der Waals surface area (Å²) in [5.41, 5.74) is 5.69. The number of hydrogen-bond donors (Lipinski definition) is 2. The van der Waals surface area contributed by atoms with E-state index in [0.29, 0.717) is 12.1 Å². The molecule has 13 heavy (non-hydrogen) atoms. The van der Waals surface area contributed by atoms with Crippen molar-refractivity contribution in [3.63, 3.8) is 0 Å². The van der Waals surface area contributed by atoms with E-state index in [1.165, 1.54) is 12.8 Å². The molecule has 0 fully saturated rings. The van der Waals surface area contributed by atoms with Gasteiger partial charge in [-0.3, -0.25) is 0 Å². The summed E-state index contributed by atoms with van der Waals surface area (Å²) in [6.07, 6.45) is 3.71. The van der Waals surface area contributed by atoms with Gasteiger partial charge in [0.25, 0.3) is 0 Å². The maximum absolute atomic E-state index is 5.69. The Bertz CT molecular complexity index is 111. The first-order valence-corrected chi connectivity index (χ1v) is 5.51. The largest absolute Gasteiger partial charge is 0.328 e. The summed E-state index contributed by atoms with van der Waals surface area (Å²) < 4.78 is 0. The minimum Gasteiger partial charge on any atom is -0.328 e. The Morgan fingerprint density at radius 1 is 1.08 bits per heavy atom. The zero-order chi connectivity index (χ0) is 10.3. The normalized spacial score (nSPS) is 16.2.